The van der Waals surface area contributed by atoms with Gasteiger partial charge in [-0.15, -0.1) is 11.3 Å². The summed E-state index contributed by atoms with van der Waals surface area (Å²) in [5.41, 5.74) is 2.94. The van der Waals surface area contributed by atoms with Gasteiger partial charge in [-0.05, 0) is 50.6 Å². The molecule has 160 valence electrons. The van der Waals surface area contributed by atoms with E-state index >= 15 is 0 Å². The third-order valence-corrected chi connectivity index (χ3v) is 5.63. The molecule has 31 heavy (non-hydrogen) atoms. The summed E-state index contributed by atoms with van der Waals surface area (Å²) in [6.45, 7) is 5.27. The maximum absolute atomic E-state index is 12.9. The highest BCUT2D eigenvalue weighted by molar-refractivity contribution is 7.13. The Hall–Kier alpha value is -3.26. The number of rotatable bonds is 6. The fourth-order valence-electron chi connectivity index (χ4n) is 3.35. The first-order valence-electron chi connectivity index (χ1n) is 10.1. The van der Waals surface area contributed by atoms with Crippen molar-refractivity contribution >= 4 is 28.9 Å². The van der Waals surface area contributed by atoms with Crippen LogP contribution in [0.25, 0.3) is 22.0 Å². The summed E-state index contributed by atoms with van der Waals surface area (Å²) in [4.78, 5) is 35.8. The molecule has 2 aromatic heterocycles. The Morgan fingerprint density at radius 1 is 1.26 bits per heavy atom. The maximum atomic E-state index is 12.9. The number of esters is 1. The van der Waals surface area contributed by atoms with Crippen LogP contribution in [-0.2, 0) is 14.3 Å². The van der Waals surface area contributed by atoms with E-state index in [-0.39, 0.29) is 18.6 Å². The molecule has 0 saturated heterocycles. The molecule has 1 unspecified atom stereocenters. The first kappa shape index (κ1) is 21.0. The van der Waals surface area contributed by atoms with E-state index in [0.717, 1.165) is 22.0 Å². The zero-order valence-electron chi connectivity index (χ0n) is 17.6. The predicted molar refractivity (Wildman–Crippen MR) is 119 cm³/mol. The number of amides is 1. The van der Waals surface area contributed by atoms with Gasteiger partial charge < -0.3 is 9.47 Å². The topological polar surface area (TPSA) is 81.6 Å². The lowest BCUT2D eigenvalue weighted by molar-refractivity contribution is -0.147. The lowest BCUT2D eigenvalue weighted by Gasteiger charge is -2.33. The minimum absolute atomic E-state index is 0.163. The van der Waals surface area contributed by atoms with Crippen molar-refractivity contribution in [1.82, 2.24) is 9.97 Å². The quantitative estimate of drug-likeness (QED) is 0.534. The number of pyridine rings is 1. The molecule has 8 heteroatoms. The molecule has 0 aliphatic carbocycles. The number of hydrogen-bond donors (Lipinski definition) is 0. The van der Waals surface area contributed by atoms with Crippen LogP contribution in [0.15, 0.2) is 48.0 Å². The van der Waals surface area contributed by atoms with Gasteiger partial charge in [0.2, 0.25) is 0 Å². The SMILES string of the molecule is CCC1Oc2ccc(-c3csc(-c4ccccn4)n3)cc2N(CC(=O)OC(C)C)C1=O. The summed E-state index contributed by atoms with van der Waals surface area (Å²) >= 11 is 1.50. The van der Waals surface area contributed by atoms with Crippen molar-refractivity contribution < 1.29 is 19.1 Å². The molecule has 1 amide bonds. The van der Waals surface area contributed by atoms with Crippen LogP contribution < -0.4 is 9.64 Å². The molecule has 3 aromatic rings. The van der Waals surface area contributed by atoms with Crippen LogP contribution in [0.4, 0.5) is 5.69 Å². The first-order valence-corrected chi connectivity index (χ1v) is 11.0. The minimum Gasteiger partial charge on any atom is -0.478 e. The molecule has 7 nitrogen and oxygen atoms in total. The molecule has 0 saturated carbocycles. The van der Waals surface area contributed by atoms with Gasteiger partial charge >= 0.3 is 5.97 Å². The number of ether oxygens (including phenoxy) is 2. The van der Waals surface area contributed by atoms with E-state index in [2.05, 4.69) is 4.98 Å². The Labute approximate surface area is 184 Å². The van der Waals surface area contributed by atoms with Crippen LogP contribution in [0.2, 0.25) is 0 Å². The van der Waals surface area contributed by atoms with E-state index < -0.39 is 12.1 Å². The summed E-state index contributed by atoms with van der Waals surface area (Å²) < 4.78 is 11.1. The average Bonchev–Trinajstić information content (AvgIpc) is 3.25. The largest absolute Gasteiger partial charge is 0.478 e. The Balaban J connectivity index is 1.68. The van der Waals surface area contributed by atoms with Crippen molar-refractivity contribution in [3.8, 4) is 27.7 Å². The van der Waals surface area contributed by atoms with Crippen LogP contribution in [0.1, 0.15) is 27.2 Å². The van der Waals surface area contributed by atoms with Crippen LogP contribution in [0.3, 0.4) is 0 Å². The molecule has 3 heterocycles. The lowest BCUT2D eigenvalue weighted by Crippen LogP contribution is -2.48. The van der Waals surface area contributed by atoms with Crippen molar-refractivity contribution in [2.75, 3.05) is 11.4 Å². The van der Waals surface area contributed by atoms with Gasteiger partial charge in [0.25, 0.3) is 5.91 Å². The number of carbonyl (C=O) groups excluding carboxylic acids is 2. The number of hydrogen-bond acceptors (Lipinski definition) is 7. The molecule has 1 aliphatic heterocycles. The zero-order valence-corrected chi connectivity index (χ0v) is 18.4. The van der Waals surface area contributed by atoms with Gasteiger partial charge in [0.05, 0.1) is 23.2 Å². The molecule has 0 N–H and O–H groups in total. The van der Waals surface area contributed by atoms with E-state index in [0.29, 0.717) is 17.9 Å². The van der Waals surface area contributed by atoms with Gasteiger partial charge in [0, 0.05) is 17.1 Å². The molecule has 0 bridgehead atoms. The molecular formula is C23H23N3O4S. The highest BCUT2D eigenvalue weighted by atomic mass is 32.1. The zero-order chi connectivity index (χ0) is 22.0. The van der Waals surface area contributed by atoms with E-state index in [1.807, 2.05) is 48.7 Å². The number of nitrogens with zero attached hydrogens (tertiary/aromatic N) is 3. The monoisotopic (exact) mass is 437 g/mol. The van der Waals surface area contributed by atoms with Gasteiger partial charge in [-0.3, -0.25) is 19.5 Å². The van der Waals surface area contributed by atoms with E-state index in [1.54, 1.807) is 20.0 Å². The number of carbonyl (C=O) groups is 2. The second-order valence-corrected chi connectivity index (χ2v) is 8.27. The van der Waals surface area contributed by atoms with Crippen molar-refractivity contribution in [3.05, 3.63) is 48.0 Å². The smallest absolute Gasteiger partial charge is 0.326 e. The van der Waals surface area contributed by atoms with Gasteiger partial charge in [-0.2, -0.15) is 0 Å². The van der Waals surface area contributed by atoms with E-state index in [1.165, 1.54) is 16.2 Å². The second kappa shape index (κ2) is 8.85. The van der Waals surface area contributed by atoms with Gasteiger partial charge in [-0.25, -0.2) is 4.98 Å². The van der Waals surface area contributed by atoms with Crippen LogP contribution in [-0.4, -0.2) is 40.6 Å². The highest BCUT2D eigenvalue weighted by Gasteiger charge is 2.35. The van der Waals surface area contributed by atoms with Crippen molar-refractivity contribution in [2.45, 2.75) is 39.4 Å². The first-order chi connectivity index (χ1) is 15.0. The molecule has 1 atom stereocenters. The average molecular weight is 438 g/mol. The third-order valence-electron chi connectivity index (χ3n) is 4.77. The number of aromatic nitrogens is 2. The second-order valence-electron chi connectivity index (χ2n) is 7.41. The Morgan fingerprint density at radius 2 is 2.10 bits per heavy atom. The summed E-state index contributed by atoms with van der Waals surface area (Å²) in [7, 11) is 0. The lowest BCUT2D eigenvalue weighted by atomic mass is 10.1. The van der Waals surface area contributed by atoms with Crippen LogP contribution >= 0.6 is 11.3 Å². The molecule has 0 radical (unpaired) electrons. The predicted octanol–water partition coefficient (Wildman–Crippen LogP) is 4.33. The fourth-order valence-corrected chi connectivity index (χ4v) is 4.15. The molecule has 4 rings (SSSR count). The minimum atomic E-state index is -0.625. The van der Waals surface area contributed by atoms with Gasteiger partial charge in [0.15, 0.2) is 6.10 Å². The highest BCUT2D eigenvalue weighted by Crippen LogP contribution is 2.39. The Morgan fingerprint density at radius 3 is 2.81 bits per heavy atom. The van der Waals surface area contributed by atoms with E-state index in [4.69, 9.17) is 14.5 Å². The molecule has 1 aliphatic rings. The summed E-state index contributed by atoms with van der Waals surface area (Å²) in [5, 5.41) is 2.76. The number of thiazole rings is 1. The molecule has 1 aromatic carbocycles. The van der Waals surface area contributed by atoms with Crippen molar-refractivity contribution in [2.24, 2.45) is 0 Å². The van der Waals surface area contributed by atoms with Crippen LogP contribution in [0, 0.1) is 0 Å². The maximum Gasteiger partial charge on any atom is 0.326 e. The van der Waals surface area contributed by atoms with Crippen molar-refractivity contribution in [3.63, 3.8) is 0 Å². The van der Waals surface area contributed by atoms with Crippen molar-refractivity contribution in [1.29, 1.82) is 0 Å². The summed E-state index contributed by atoms with van der Waals surface area (Å²) in [5.74, 6) is -0.143. The van der Waals surface area contributed by atoms with E-state index in [9.17, 15) is 9.59 Å². The van der Waals surface area contributed by atoms with Gasteiger partial charge in [-0.1, -0.05) is 13.0 Å². The third kappa shape index (κ3) is 4.44. The Bertz CT molecular complexity index is 1100. The summed E-state index contributed by atoms with van der Waals surface area (Å²) in [6.07, 6.45) is 1.36. The molecular weight excluding hydrogens is 414 g/mol. The number of fused-ring (bicyclic) bond motifs is 1. The Kier molecular flexibility index (Phi) is 5.99. The standard InChI is InChI=1S/C23H23N3O4S/c1-4-19-23(28)26(12-21(27)29-14(2)3)18-11-15(8-9-20(18)30-19)17-13-31-22(25-17)16-7-5-6-10-24-16/h5-11,13-14,19H,4,12H2,1-3H3. The molecule has 0 fully saturated rings. The summed E-state index contributed by atoms with van der Waals surface area (Å²) in [6, 6.07) is 11.3. The fraction of sp³-hybridized carbons (Fsp3) is 0.304. The molecule has 0 spiro atoms. The number of anilines is 1. The normalized spacial score (nSPS) is 15.5. The van der Waals surface area contributed by atoms with Gasteiger partial charge in [0.1, 0.15) is 17.3 Å². The van der Waals surface area contributed by atoms with Crippen LogP contribution in [0.5, 0.6) is 5.75 Å². The number of benzene rings is 1.